The Kier molecular flexibility index (Phi) is 8.09. The summed E-state index contributed by atoms with van der Waals surface area (Å²) in [6.45, 7) is 0. The minimum atomic E-state index is -0.889. The van der Waals surface area contributed by atoms with Crippen LogP contribution in [0.1, 0.15) is 30.7 Å². The maximum absolute atomic E-state index is 13.9. The molecule has 5 rings (SSSR count). The number of anilines is 2. The van der Waals surface area contributed by atoms with Crippen LogP contribution in [0.3, 0.4) is 0 Å². The Bertz CT molecular complexity index is 1630. The third-order valence-electron chi connectivity index (χ3n) is 6.32. The van der Waals surface area contributed by atoms with Gasteiger partial charge < -0.3 is 11.1 Å². The van der Waals surface area contributed by atoms with Crippen molar-refractivity contribution in [1.29, 1.82) is 5.26 Å². The molecule has 0 spiro atoms. The molecular formula is C26H18Cl2F2N6O2S2. The second-order valence-electron chi connectivity index (χ2n) is 8.76. The molecule has 0 saturated heterocycles. The second kappa shape index (κ2) is 11.5. The molecule has 0 saturated carbocycles. The molecule has 1 atom stereocenters. The fourth-order valence-electron chi connectivity index (χ4n) is 4.64. The van der Waals surface area contributed by atoms with E-state index in [2.05, 4.69) is 21.6 Å². The fraction of sp³-hybridized carbons (Fsp3) is 0.192. The van der Waals surface area contributed by atoms with Gasteiger partial charge >= 0.3 is 0 Å². The zero-order chi connectivity index (χ0) is 28.6. The number of nitrogens with two attached hydrogens (primary N) is 1. The van der Waals surface area contributed by atoms with Crippen molar-refractivity contribution in [2.24, 2.45) is 5.73 Å². The van der Waals surface area contributed by atoms with Gasteiger partial charge in [-0.1, -0.05) is 52.4 Å². The molecule has 2 heterocycles. The topological polar surface area (TPSA) is 125 Å². The first-order valence-electron chi connectivity index (χ1n) is 11.8. The lowest BCUT2D eigenvalue weighted by atomic mass is 9.75. The summed E-state index contributed by atoms with van der Waals surface area (Å²) in [6.07, 6.45) is 1.37. The number of nitrogens with zero attached hydrogens (tertiary/aromatic N) is 4. The molecule has 1 aliphatic heterocycles. The van der Waals surface area contributed by atoms with E-state index in [1.54, 1.807) is 23.1 Å². The Labute approximate surface area is 245 Å². The van der Waals surface area contributed by atoms with E-state index in [1.165, 1.54) is 0 Å². The van der Waals surface area contributed by atoms with Gasteiger partial charge in [-0.15, -0.1) is 10.2 Å². The largest absolute Gasteiger partial charge is 0.384 e. The number of hydrogen-bond donors (Lipinski definition) is 2. The van der Waals surface area contributed by atoms with Gasteiger partial charge in [0.25, 0.3) is 0 Å². The van der Waals surface area contributed by atoms with Gasteiger partial charge in [0.1, 0.15) is 17.5 Å². The van der Waals surface area contributed by atoms with Crippen molar-refractivity contribution in [2.45, 2.75) is 29.5 Å². The van der Waals surface area contributed by atoms with Crippen LogP contribution in [-0.2, 0) is 9.59 Å². The van der Waals surface area contributed by atoms with E-state index in [0.29, 0.717) is 61.7 Å². The number of allylic oxidation sites excluding steroid dienone is 3. The molecule has 0 bridgehead atoms. The highest BCUT2D eigenvalue weighted by atomic mass is 35.5. The number of ketones is 1. The van der Waals surface area contributed by atoms with E-state index < -0.39 is 23.5 Å². The molecule has 1 amide bonds. The van der Waals surface area contributed by atoms with E-state index >= 15 is 0 Å². The molecule has 1 aromatic heterocycles. The number of rotatable bonds is 6. The lowest BCUT2D eigenvalue weighted by Crippen LogP contribution is -2.38. The van der Waals surface area contributed by atoms with Crippen molar-refractivity contribution >= 4 is 68.8 Å². The summed E-state index contributed by atoms with van der Waals surface area (Å²) in [5.41, 5.74) is 7.92. The zero-order valence-corrected chi connectivity index (χ0v) is 23.5. The number of amides is 1. The van der Waals surface area contributed by atoms with Crippen LogP contribution in [0.4, 0.5) is 19.6 Å². The zero-order valence-electron chi connectivity index (χ0n) is 20.4. The maximum atomic E-state index is 13.9. The normalized spacial score (nSPS) is 17.1. The van der Waals surface area contributed by atoms with Gasteiger partial charge in [-0.2, -0.15) is 5.26 Å². The first kappa shape index (κ1) is 28.0. The van der Waals surface area contributed by atoms with Crippen molar-refractivity contribution in [3.05, 3.63) is 86.3 Å². The van der Waals surface area contributed by atoms with Crippen molar-refractivity contribution < 1.29 is 18.4 Å². The number of hydrogen-bond acceptors (Lipinski definition) is 9. The first-order chi connectivity index (χ1) is 19.2. The van der Waals surface area contributed by atoms with Crippen LogP contribution in [0.2, 0.25) is 10.0 Å². The molecule has 0 radical (unpaired) electrons. The number of thioether (sulfide) groups is 1. The molecule has 204 valence electrons. The molecule has 14 heteroatoms. The molecular weight excluding hydrogens is 601 g/mol. The number of nitriles is 1. The van der Waals surface area contributed by atoms with Crippen LogP contribution in [0.5, 0.6) is 0 Å². The van der Waals surface area contributed by atoms with Crippen LogP contribution >= 0.6 is 46.3 Å². The molecule has 0 fully saturated rings. The number of Topliss-reactive ketones (excluding diaryl/α,β-unsaturated/α-hetero) is 1. The fourth-order valence-corrected chi connectivity index (χ4v) is 6.93. The van der Waals surface area contributed by atoms with E-state index in [4.69, 9.17) is 28.9 Å². The molecule has 1 aliphatic carbocycles. The Morgan fingerprint density at radius 2 is 1.98 bits per heavy atom. The van der Waals surface area contributed by atoms with Gasteiger partial charge in [-0.05, 0) is 37.1 Å². The summed E-state index contributed by atoms with van der Waals surface area (Å²) < 4.78 is 27.4. The summed E-state index contributed by atoms with van der Waals surface area (Å²) in [6, 6.07) is 9.95. The molecule has 1 unspecified atom stereocenters. The standard InChI is InChI=1S/C26H18Cl2F2N6O2S2/c27-14-3-1-4-15(28)22(14)21-13(10-31)24(32)36(18-5-2-6-19(37)23(18)21)25-34-35-26(40-25)39-11-20(38)33-17-8-7-12(29)9-16(17)30/h1,3-4,7-9,21H,2,5-6,11,32H2,(H,33,38). The highest BCUT2D eigenvalue weighted by molar-refractivity contribution is 8.01. The van der Waals surface area contributed by atoms with Crippen LogP contribution < -0.4 is 16.0 Å². The van der Waals surface area contributed by atoms with Gasteiger partial charge in [-0.3, -0.25) is 14.5 Å². The summed E-state index contributed by atoms with van der Waals surface area (Å²) >= 11 is 15.2. The van der Waals surface area contributed by atoms with Gasteiger partial charge in [-0.25, -0.2) is 8.78 Å². The number of carbonyl (C=O) groups is 2. The Hall–Kier alpha value is -3.50. The van der Waals surface area contributed by atoms with E-state index in [1.807, 2.05) is 0 Å². The third kappa shape index (κ3) is 5.30. The SMILES string of the molecule is N#CC1=C(N)N(c2nnc(SCC(=O)Nc3ccc(F)cc3F)s2)C2=C(C(=O)CCC2)C1c1c(Cl)cccc1Cl. The maximum Gasteiger partial charge on any atom is 0.234 e. The lowest BCUT2D eigenvalue weighted by molar-refractivity contribution is -0.116. The number of benzene rings is 2. The quantitative estimate of drug-likeness (QED) is 0.315. The molecule has 40 heavy (non-hydrogen) atoms. The van der Waals surface area contributed by atoms with Crippen molar-refractivity contribution in [3.63, 3.8) is 0 Å². The average molecular weight is 620 g/mol. The number of halogens is 4. The van der Waals surface area contributed by atoms with E-state index in [-0.39, 0.29) is 28.6 Å². The van der Waals surface area contributed by atoms with Crippen molar-refractivity contribution in [1.82, 2.24) is 10.2 Å². The number of nitrogens with one attached hydrogen (secondary N) is 1. The predicted octanol–water partition coefficient (Wildman–Crippen LogP) is 6.16. The third-order valence-corrected chi connectivity index (χ3v) is 9.02. The number of carbonyl (C=O) groups excluding carboxylic acids is 2. The Balaban J connectivity index is 1.44. The highest BCUT2D eigenvalue weighted by Crippen LogP contribution is 2.49. The average Bonchev–Trinajstić information content (AvgIpc) is 3.37. The van der Waals surface area contributed by atoms with Crippen LogP contribution in [0.25, 0.3) is 0 Å². The first-order valence-corrected chi connectivity index (χ1v) is 14.4. The lowest BCUT2D eigenvalue weighted by Gasteiger charge is -2.38. The van der Waals surface area contributed by atoms with Gasteiger partial charge in [0.15, 0.2) is 10.1 Å². The molecule has 2 aliphatic rings. The van der Waals surface area contributed by atoms with Gasteiger partial charge in [0.2, 0.25) is 11.0 Å². The van der Waals surface area contributed by atoms with Crippen LogP contribution in [-0.4, -0.2) is 27.6 Å². The summed E-state index contributed by atoms with van der Waals surface area (Å²) in [7, 11) is 0. The van der Waals surface area contributed by atoms with Gasteiger partial charge in [0.05, 0.1) is 29.0 Å². The minimum absolute atomic E-state index is 0.0779. The van der Waals surface area contributed by atoms with E-state index in [9.17, 15) is 23.6 Å². The van der Waals surface area contributed by atoms with Gasteiger partial charge in [0, 0.05) is 39.4 Å². The van der Waals surface area contributed by atoms with Crippen molar-refractivity contribution in [2.75, 3.05) is 16.0 Å². The highest BCUT2D eigenvalue weighted by Gasteiger charge is 2.42. The molecule has 3 aromatic rings. The minimum Gasteiger partial charge on any atom is -0.384 e. The molecule has 8 nitrogen and oxygen atoms in total. The summed E-state index contributed by atoms with van der Waals surface area (Å²) in [4.78, 5) is 27.2. The summed E-state index contributed by atoms with van der Waals surface area (Å²) in [5.74, 6) is -3.19. The van der Waals surface area contributed by atoms with Crippen molar-refractivity contribution in [3.8, 4) is 6.07 Å². The van der Waals surface area contributed by atoms with E-state index in [0.717, 1.165) is 35.2 Å². The van der Waals surface area contributed by atoms with Crippen LogP contribution in [0.15, 0.2) is 63.4 Å². The Morgan fingerprint density at radius 3 is 2.67 bits per heavy atom. The predicted molar refractivity (Wildman–Crippen MR) is 150 cm³/mol. The monoisotopic (exact) mass is 618 g/mol. The Morgan fingerprint density at radius 1 is 1.23 bits per heavy atom. The van der Waals surface area contributed by atoms with Crippen LogP contribution in [0, 0.1) is 23.0 Å². The smallest absolute Gasteiger partial charge is 0.234 e. The second-order valence-corrected chi connectivity index (χ2v) is 11.8. The molecule has 3 N–H and O–H groups in total. The number of aromatic nitrogens is 2. The molecule has 2 aromatic carbocycles. The summed E-state index contributed by atoms with van der Waals surface area (Å²) in [5, 5.41) is 21.8.